The van der Waals surface area contributed by atoms with Crippen LogP contribution < -0.4 is 0 Å². The van der Waals surface area contributed by atoms with Gasteiger partial charge in [0.15, 0.2) is 17.2 Å². The number of benzene rings is 2. The van der Waals surface area contributed by atoms with Crippen LogP contribution in [0.5, 0.6) is 0 Å². The molecule has 0 bridgehead atoms. The zero-order valence-corrected chi connectivity index (χ0v) is 16.4. The van der Waals surface area contributed by atoms with Gasteiger partial charge in [-0.2, -0.15) is 0 Å². The first kappa shape index (κ1) is 22.5. The molecule has 0 spiro atoms. The monoisotopic (exact) mass is 444 g/mol. The molecule has 0 saturated carbocycles. The molecule has 0 heterocycles. The molecule has 3 atom stereocenters. The molecule has 0 amide bonds. The molecular weight excluding hydrogens is 431 g/mol. The highest BCUT2D eigenvalue weighted by Crippen LogP contribution is 2.27. The van der Waals surface area contributed by atoms with Crippen molar-refractivity contribution in [2.24, 2.45) is 0 Å². The lowest BCUT2D eigenvalue weighted by Gasteiger charge is -2.32. The van der Waals surface area contributed by atoms with E-state index >= 15 is 0 Å². The van der Waals surface area contributed by atoms with Crippen LogP contribution in [0.15, 0.2) is 48.5 Å². The van der Waals surface area contributed by atoms with Gasteiger partial charge in [-0.3, -0.25) is 14.4 Å². The first-order chi connectivity index (χ1) is 13.1. The van der Waals surface area contributed by atoms with Crippen LogP contribution in [0.25, 0.3) is 0 Å². The van der Waals surface area contributed by atoms with Gasteiger partial charge < -0.3 is 15.3 Å². The van der Waals surface area contributed by atoms with Gasteiger partial charge in [-0.1, -0.05) is 23.2 Å². The van der Waals surface area contributed by atoms with Crippen molar-refractivity contribution in [3.8, 4) is 0 Å². The molecule has 0 saturated heterocycles. The Morgan fingerprint density at radius 3 is 1.71 bits per heavy atom. The van der Waals surface area contributed by atoms with Gasteiger partial charge in [-0.15, -0.1) is 0 Å². The smallest absolute Gasteiger partial charge is 0.225 e. The standard InChI is InChI=1S/C19H15Cl3O6/c20-12-5-1-10(2-6-12)15(24)16(25)18(27)19(28,9-14(22)23)17(26)11-3-7-13(21)8-4-11/h1-8,16,18,25,27-28H,9H2/t16-,18-,19-/m1/s1. The summed E-state index contributed by atoms with van der Waals surface area (Å²) >= 11 is 16.8. The van der Waals surface area contributed by atoms with Crippen molar-refractivity contribution in [2.45, 2.75) is 24.2 Å². The van der Waals surface area contributed by atoms with Crippen LogP contribution in [0.2, 0.25) is 10.0 Å². The second-order valence-corrected chi connectivity index (χ2v) is 7.35. The Kier molecular flexibility index (Phi) is 7.33. The first-order valence-corrected chi connectivity index (χ1v) is 9.06. The highest BCUT2D eigenvalue weighted by Gasteiger charge is 2.49. The van der Waals surface area contributed by atoms with Gasteiger partial charge in [-0.05, 0) is 60.1 Å². The summed E-state index contributed by atoms with van der Waals surface area (Å²) in [5.74, 6) is -2.08. The third kappa shape index (κ3) is 4.97. The molecule has 6 nitrogen and oxygen atoms in total. The van der Waals surface area contributed by atoms with Gasteiger partial charge in [0, 0.05) is 21.2 Å². The molecular formula is C19H15Cl3O6. The summed E-state index contributed by atoms with van der Waals surface area (Å²) < 4.78 is 0. The zero-order chi connectivity index (χ0) is 21.1. The van der Waals surface area contributed by atoms with E-state index in [1.807, 2.05) is 0 Å². The highest BCUT2D eigenvalue weighted by atomic mass is 35.5. The largest absolute Gasteiger partial charge is 0.386 e. The van der Waals surface area contributed by atoms with Gasteiger partial charge in [-0.25, -0.2) is 0 Å². The number of rotatable bonds is 8. The molecule has 0 radical (unpaired) electrons. The maximum Gasteiger partial charge on any atom is 0.225 e. The van der Waals surface area contributed by atoms with E-state index in [9.17, 15) is 29.7 Å². The first-order valence-electron chi connectivity index (χ1n) is 7.93. The zero-order valence-electron chi connectivity index (χ0n) is 14.2. The molecule has 9 heteroatoms. The molecule has 2 rings (SSSR count). The molecule has 3 N–H and O–H groups in total. The molecule has 28 heavy (non-hydrogen) atoms. The molecule has 2 aromatic rings. The fourth-order valence-corrected chi connectivity index (χ4v) is 3.03. The topological polar surface area (TPSA) is 112 Å². The van der Waals surface area contributed by atoms with Crippen LogP contribution in [0.1, 0.15) is 27.1 Å². The lowest BCUT2D eigenvalue weighted by atomic mass is 9.81. The lowest BCUT2D eigenvalue weighted by Crippen LogP contribution is -2.57. The number of hydrogen-bond donors (Lipinski definition) is 3. The number of ketones is 2. The number of halogens is 3. The summed E-state index contributed by atoms with van der Waals surface area (Å²) in [6, 6.07) is 10.6. The second-order valence-electron chi connectivity index (χ2n) is 6.05. The Hall–Kier alpha value is -1.80. The Bertz CT molecular complexity index is 882. The number of aliphatic hydroxyl groups is 3. The van der Waals surface area contributed by atoms with E-state index in [2.05, 4.69) is 0 Å². The summed E-state index contributed by atoms with van der Waals surface area (Å²) in [7, 11) is 0. The van der Waals surface area contributed by atoms with Crippen molar-refractivity contribution in [1.82, 2.24) is 0 Å². The Labute approximate surface area is 175 Å². The normalized spacial score (nSPS) is 15.4. The van der Waals surface area contributed by atoms with Gasteiger partial charge in [0.05, 0.1) is 6.42 Å². The molecule has 0 aliphatic rings. The van der Waals surface area contributed by atoms with E-state index in [1.54, 1.807) is 0 Å². The molecule has 0 aliphatic heterocycles. The minimum atomic E-state index is -2.84. The average molecular weight is 446 g/mol. The summed E-state index contributed by atoms with van der Waals surface area (Å²) in [5.41, 5.74) is -2.96. The van der Waals surface area contributed by atoms with Crippen LogP contribution in [0.3, 0.4) is 0 Å². The Morgan fingerprint density at radius 2 is 1.29 bits per heavy atom. The van der Waals surface area contributed by atoms with Crippen molar-refractivity contribution >= 4 is 51.6 Å². The Balaban J connectivity index is 2.38. The quantitative estimate of drug-likeness (QED) is 0.425. The summed E-state index contributed by atoms with van der Waals surface area (Å²) in [4.78, 5) is 36.6. The second kappa shape index (κ2) is 9.13. The van der Waals surface area contributed by atoms with Gasteiger partial charge in [0.2, 0.25) is 5.24 Å². The van der Waals surface area contributed by atoms with Crippen molar-refractivity contribution in [1.29, 1.82) is 0 Å². The van der Waals surface area contributed by atoms with Crippen LogP contribution in [0.4, 0.5) is 0 Å². The molecule has 2 aromatic carbocycles. The molecule has 0 aliphatic carbocycles. The van der Waals surface area contributed by atoms with E-state index in [1.165, 1.54) is 48.5 Å². The summed E-state index contributed by atoms with van der Waals surface area (Å²) in [5, 5.41) is 31.0. The predicted molar refractivity (Wildman–Crippen MR) is 104 cm³/mol. The Morgan fingerprint density at radius 1 is 0.857 bits per heavy atom. The third-order valence-corrected chi connectivity index (χ3v) is 4.73. The van der Waals surface area contributed by atoms with Gasteiger partial charge >= 0.3 is 0 Å². The van der Waals surface area contributed by atoms with E-state index in [0.717, 1.165) is 0 Å². The van der Waals surface area contributed by atoms with E-state index < -0.39 is 41.0 Å². The van der Waals surface area contributed by atoms with Crippen LogP contribution in [-0.2, 0) is 4.79 Å². The fourth-order valence-electron chi connectivity index (χ4n) is 2.57. The van der Waals surface area contributed by atoms with Crippen LogP contribution in [-0.4, -0.2) is 49.9 Å². The fraction of sp³-hybridized carbons (Fsp3) is 0.211. The lowest BCUT2D eigenvalue weighted by molar-refractivity contribution is -0.125. The third-order valence-electron chi connectivity index (χ3n) is 4.09. The van der Waals surface area contributed by atoms with Gasteiger partial charge in [0.25, 0.3) is 0 Å². The van der Waals surface area contributed by atoms with Crippen molar-refractivity contribution in [3.63, 3.8) is 0 Å². The maximum atomic E-state index is 12.8. The molecule has 0 fully saturated rings. The number of hydrogen-bond acceptors (Lipinski definition) is 6. The highest BCUT2D eigenvalue weighted by molar-refractivity contribution is 6.63. The molecule has 0 unspecified atom stereocenters. The predicted octanol–water partition coefficient (Wildman–Crippen LogP) is 2.67. The average Bonchev–Trinajstić information content (AvgIpc) is 2.66. The van der Waals surface area contributed by atoms with Gasteiger partial charge in [0.1, 0.15) is 12.2 Å². The summed E-state index contributed by atoms with van der Waals surface area (Å²) in [6.45, 7) is 0. The van der Waals surface area contributed by atoms with E-state index in [0.29, 0.717) is 10.0 Å². The van der Waals surface area contributed by atoms with Crippen LogP contribution in [0, 0.1) is 0 Å². The van der Waals surface area contributed by atoms with Crippen LogP contribution >= 0.6 is 34.8 Å². The minimum absolute atomic E-state index is 0.0190. The molecule has 0 aromatic heterocycles. The van der Waals surface area contributed by atoms with E-state index in [4.69, 9.17) is 34.8 Å². The maximum absolute atomic E-state index is 12.8. The van der Waals surface area contributed by atoms with Crippen molar-refractivity contribution in [2.75, 3.05) is 0 Å². The summed E-state index contributed by atoms with van der Waals surface area (Å²) in [6.07, 6.45) is -5.57. The SMILES string of the molecule is O=C(Cl)C[C@@](O)(C(=O)c1ccc(Cl)cc1)[C@H](O)[C@H](O)C(=O)c1ccc(Cl)cc1. The number of carbonyl (C=O) groups is 3. The molecule has 148 valence electrons. The number of Topliss-reactive ketones (excluding diaryl/α,β-unsaturated/α-hetero) is 2. The number of carbonyl (C=O) groups excluding carboxylic acids is 3. The van der Waals surface area contributed by atoms with E-state index in [-0.39, 0.29) is 11.1 Å². The number of aliphatic hydroxyl groups excluding tert-OH is 2. The van der Waals surface area contributed by atoms with Crippen molar-refractivity contribution in [3.05, 3.63) is 69.7 Å². The van der Waals surface area contributed by atoms with Crippen molar-refractivity contribution < 1.29 is 29.7 Å². The minimum Gasteiger partial charge on any atom is -0.386 e.